The van der Waals surface area contributed by atoms with Crippen molar-refractivity contribution in [1.29, 1.82) is 0 Å². The summed E-state index contributed by atoms with van der Waals surface area (Å²) in [5.41, 5.74) is 0.530. The molecule has 0 unspecified atom stereocenters. The van der Waals surface area contributed by atoms with E-state index in [1.54, 1.807) is 12.3 Å². The summed E-state index contributed by atoms with van der Waals surface area (Å²) < 4.78 is 39.0. The number of carboxylic acid groups (broad SMARTS) is 1. The molecule has 0 atom stereocenters. The molecule has 0 bridgehead atoms. The fourth-order valence-electron chi connectivity index (χ4n) is 3.40. The van der Waals surface area contributed by atoms with Gasteiger partial charge < -0.3 is 15.7 Å². The van der Waals surface area contributed by atoms with Gasteiger partial charge in [-0.2, -0.15) is 13.2 Å². The van der Waals surface area contributed by atoms with Crippen molar-refractivity contribution in [2.75, 3.05) is 10.6 Å². The first-order valence-corrected chi connectivity index (χ1v) is 9.82. The number of rotatable bonds is 5. The maximum absolute atomic E-state index is 13.0. The molecule has 1 aliphatic rings. The number of aromatic carboxylic acids is 1. The molecule has 1 aliphatic carbocycles. The molecule has 2 aromatic carbocycles. The largest absolute Gasteiger partial charge is 0.478 e. The number of hydrogen-bond acceptors (Lipinski definition) is 6. The summed E-state index contributed by atoms with van der Waals surface area (Å²) in [6, 6.07) is 9.66. The van der Waals surface area contributed by atoms with Gasteiger partial charge >= 0.3 is 12.1 Å². The van der Waals surface area contributed by atoms with Gasteiger partial charge in [-0.25, -0.2) is 19.7 Å². The monoisotopic (exact) mass is 439 g/mol. The Morgan fingerprint density at radius 2 is 1.88 bits per heavy atom. The molecule has 1 fully saturated rings. The zero-order valence-corrected chi connectivity index (χ0v) is 16.4. The number of anilines is 3. The van der Waals surface area contributed by atoms with E-state index in [4.69, 9.17) is 0 Å². The molecule has 4 aromatic rings. The maximum Gasteiger partial charge on any atom is 0.416 e. The third-order valence-corrected chi connectivity index (χ3v) is 5.14. The van der Waals surface area contributed by atoms with Crippen LogP contribution in [0.4, 0.5) is 30.6 Å². The smallest absolute Gasteiger partial charge is 0.416 e. The van der Waals surface area contributed by atoms with Gasteiger partial charge in [-0.15, -0.1) is 0 Å². The van der Waals surface area contributed by atoms with Crippen molar-refractivity contribution in [2.45, 2.75) is 25.1 Å². The quantitative estimate of drug-likeness (QED) is 0.367. The highest BCUT2D eigenvalue weighted by molar-refractivity contribution is 6.09. The first kappa shape index (κ1) is 20.0. The Bertz CT molecular complexity index is 1370. The number of pyridine rings is 1. The molecular weight excluding hydrogens is 423 g/mol. The summed E-state index contributed by atoms with van der Waals surface area (Å²) in [6.45, 7) is 0. The van der Waals surface area contributed by atoms with Gasteiger partial charge in [-0.05, 0) is 43.2 Å². The SMILES string of the molecule is O=C(O)c1ccc2c(c1)nc(NC1CC1)c1nc(Nc3cccc(C(F)(F)F)c3)ncc12. The number of carboxylic acids is 1. The van der Waals surface area contributed by atoms with E-state index in [2.05, 4.69) is 25.6 Å². The lowest BCUT2D eigenvalue weighted by molar-refractivity contribution is -0.137. The Labute approximate surface area is 179 Å². The van der Waals surface area contributed by atoms with E-state index in [0.717, 1.165) is 25.0 Å². The number of aromatic nitrogens is 3. The number of halogens is 3. The van der Waals surface area contributed by atoms with Crippen LogP contribution >= 0.6 is 0 Å². The number of carbonyl (C=O) groups is 1. The van der Waals surface area contributed by atoms with Crippen LogP contribution in [0.1, 0.15) is 28.8 Å². The summed E-state index contributed by atoms with van der Waals surface area (Å²) >= 11 is 0. The first-order chi connectivity index (χ1) is 15.3. The van der Waals surface area contributed by atoms with Gasteiger partial charge in [0.05, 0.1) is 16.6 Å². The van der Waals surface area contributed by atoms with Crippen molar-refractivity contribution < 1.29 is 23.1 Å². The van der Waals surface area contributed by atoms with Gasteiger partial charge in [0.2, 0.25) is 5.95 Å². The second-order valence-corrected chi connectivity index (χ2v) is 7.58. The topological polar surface area (TPSA) is 100 Å². The van der Waals surface area contributed by atoms with E-state index >= 15 is 0 Å². The highest BCUT2D eigenvalue weighted by Gasteiger charge is 2.30. The van der Waals surface area contributed by atoms with Crippen LogP contribution in [0.5, 0.6) is 0 Å². The zero-order chi connectivity index (χ0) is 22.5. The van der Waals surface area contributed by atoms with Crippen molar-refractivity contribution in [3.05, 3.63) is 59.8 Å². The Hall–Kier alpha value is -3.95. The summed E-state index contributed by atoms with van der Waals surface area (Å²) in [7, 11) is 0. The number of hydrogen-bond donors (Lipinski definition) is 3. The minimum atomic E-state index is -4.46. The number of nitrogens with zero attached hydrogens (tertiary/aromatic N) is 3. The van der Waals surface area contributed by atoms with Gasteiger partial charge in [0.1, 0.15) is 5.52 Å². The van der Waals surface area contributed by atoms with Crippen LogP contribution in [0.3, 0.4) is 0 Å². The van der Waals surface area contributed by atoms with Crippen molar-refractivity contribution in [2.24, 2.45) is 0 Å². The fraction of sp³-hybridized carbons (Fsp3) is 0.182. The Morgan fingerprint density at radius 3 is 2.59 bits per heavy atom. The van der Waals surface area contributed by atoms with Crippen molar-refractivity contribution >= 4 is 45.2 Å². The van der Waals surface area contributed by atoms with Crippen LogP contribution < -0.4 is 10.6 Å². The predicted molar refractivity (Wildman–Crippen MR) is 113 cm³/mol. The summed E-state index contributed by atoms with van der Waals surface area (Å²) in [5.74, 6) is -0.451. The molecule has 0 radical (unpaired) electrons. The molecule has 2 heterocycles. The Balaban J connectivity index is 1.60. The van der Waals surface area contributed by atoms with E-state index in [1.165, 1.54) is 24.3 Å². The lowest BCUT2D eigenvalue weighted by Crippen LogP contribution is -2.07. The lowest BCUT2D eigenvalue weighted by atomic mass is 10.1. The van der Waals surface area contributed by atoms with Crippen LogP contribution in [0, 0.1) is 0 Å². The summed E-state index contributed by atoms with van der Waals surface area (Å²) in [5, 5.41) is 16.7. The molecule has 0 aliphatic heterocycles. The second kappa shape index (κ2) is 7.33. The molecule has 2 aromatic heterocycles. The van der Waals surface area contributed by atoms with Gasteiger partial charge in [0.15, 0.2) is 5.82 Å². The molecule has 162 valence electrons. The van der Waals surface area contributed by atoms with Crippen LogP contribution in [0.25, 0.3) is 21.8 Å². The van der Waals surface area contributed by atoms with Crippen molar-refractivity contribution in [3.63, 3.8) is 0 Å². The molecular formula is C22H16F3N5O2. The van der Waals surface area contributed by atoms with Crippen LogP contribution in [-0.2, 0) is 6.18 Å². The van der Waals surface area contributed by atoms with Gasteiger partial charge in [0.25, 0.3) is 0 Å². The Morgan fingerprint density at radius 1 is 1.06 bits per heavy atom. The lowest BCUT2D eigenvalue weighted by Gasteiger charge is -2.13. The predicted octanol–water partition coefficient (Wildman–Crippen LogP) is 5.21. The molecule has 3 N–H and O–H groups in total. The van der Waals surface area contributed by atoms with Crippen LogP contribution in [0.15, 0.2) is 48.7 Å². The number of fused-ring (bicyclic) bond motifs is 3. The average molecular weight is 439 g/mol. The minimum absolute atomic E-state index is 0.116. The number of alkyl halides is 3. The van der Waals surface area contributed by atoms with Crippen LogP contribution in [-0.4, -0.2) is 32.1 Å². The molecule has 32 heavy (non-hydrogen) atoms. The maximum atomic E-state index is 13.0. The summed E-state index contributed by atoms with van der Waals surface area (Å²) in [6.07, 6.45) is -0.935. The normalized spacial score (nSPS) is 14.0. The highest BCUT2D eigenvalue weighted by atomic mass is 19.4. The van der Waals surface area contributed by atoms with E-state index in [1.807, 2.05) is 0 Å². The Kier molecular flexibility index (Phi) is 4.58. The zero-order valence-electron chi connectivity index (χ0n) is 16.4. The van der Waals surface area contributed by atoms with Gasteiger partial charge in [-0.1, -0.05) is 12.1 Å². The fourth-order valence-corrected chi connectivity index (χ4v) is 3.40. The molecule has 0 saturated heterocycles. The van der Waals surface area contributed by atoms with E-state index in [9.17, 15) is 23.1 Å². The van der Waals surface area contributed by atoms with E-state index in [-0.39, 0.29) is 23.2 Å². The van der Waals surface area contributed by atoms with E-state index < -0.39 is 17.7 Å². The molecule has 10 heteroatoms. The second-order valence-electron chi connectivity index (χ2n) is 7.58. The third kappa shape index (κ3) is 3.86. The van der Waals surface area contributed by atoms with E-state index in [0.29, 0.717) is 27.6 Å². The highest BCUT2D eigenvalue weighted by Crippen LogP contribution is 2.34. The standard InChI is InChI=1S/C22H16F3N5O2/c23-22(24,25)12-2-1-3-14(9-12)28-21-26-10-16-15-7-4-11(20(31)32)8-17(15)29-19(18(16)30-21)27-13-5-6-13/h1-4,7-10,13H,5-6H2,(H,27,29)(H,31,32)(H,26,28,30). The van der Waals surface area contributed by atoms with Crippen molar-refractivity contribution in [3.8, 4) is 0 Å². The number of nitrogens with one attached hydrogen (secondary N) is 2. The summed E-state index contributed by atoms with van der Waals surface area (Å²) in [4.78, 5) is 24.7. The minimum Gasteiger partial charge on any atom is -0.478 e. The van der Waals surface area contributed by atoms with Crippen LogP contribution in [0.2, 0.25) is 0 Å². The third-order valence-electron chi connectivity index (χ3n) is 5.14. The average Bonchev–Trinajstić information content (AvgIpc) is 3.57. The van der Waals surface area contributed by atoms with Crippen molar-refractivity contribution in [1.82, 2.24) is 15.0 Å². The van der Waals surface area contributed by atoms with Gasteiger partial charge in [0, 0.05) is 28.7 Å². The first-order valence-electron chi connectivity index (χ1n) is 9.82. The molecule has 0 amide bonds. The molecule has 0 spiro atoms. The molecule has 1 saturated carbocycles. The van der Waals surface area contributed by atoms with Gasteiger partial charge in [-0.3, -0.25) is 0 Å². The molecule has 5 rings (SSSR count). The molecule has 7 nitrogen and oxygen atoms in total. The number of benzene rings is 2.